The van der Waals surface area contributed by atoms with E-state index in [2.05, 4.69) is 10.6 Å². The van der Waals surface area contributed by atoms with E-state index in [-0.39, 0.29) is 16.3 Å². The number of nitrogens with one attached hydrogen (secondary N) is 2. The van der Waals surface area contributed by atoms with Crippen LogP contribution < -0.4 is 10.6 Å². The number of carbonyl (C=O) groups excluding carboxylic acids is 1. The Morgan fingerprint density at radius 2 is 1.50 bits per heavy atom. The van der Waals surface area contributed by atoms with Crippen molar-refractivity contribution in [3.8, 4) is 0 Å². The molecule has 0 heterocycles. The topological polar surface area (TPSA) is 84.3 Å². The quantitative estimate of drug-likeness (QED) is 0.476. The van der Waals surface area contributed by atoms with Crippen molar-refractivity contribution in [1.82, 2.24) is 0 Å². The van der Waals surface area contributed by atoms with E-state index >= 15 is 0 Å². The maximum atomic E-state index is 12.3. The fourth-order valence-corrected chi connectivity index (χ4v) is 2.59. The molecule has 0 unspecified atom stereocenters. The van der Waals surface area contributed by atoms with Crippen LogP contribution in [0.3, 0.4) is 0 Å². The molecule has 26 heavy (non-hydrogen) atoms. The summed E-state index contributed by atoms with van der Waals surface area (Å²) in [5, 5.41) is 16.7. The Morgan fingerprint density at radius 3 is 2.12 bits per heavy atom. The lowest BCUT2D eigenvalue weighted by Gasteiger charge is -2.09. The fraction of sp³-hybridized carbons (Fsp3) is 0. The SMILES string of the molecule is O=C(Nc1ccc(Nc2ccccc2)cc1)c1ccc([N+](=O)[O-])cc1Cl. The summed E-state index contributed by atoms with van der Waals surface area (Å²) in [7, 11) is 0. The summed E-state index contributed by atoms with van der Waals surface area (Å²) in [4.78, 5) is 22.5. The molecular formula is C19H14ClN3O3. The third-order valence-corrected chi connectivity index (χ3v) is 3.93. The highest BCUT2D eigenvalue weighted by Gasteiger charge is 2.15. The molecule has 7 heteroatoms. The van der Waals surface area contributed by atoms with Gasteiger partial charge in [0.1, 0.15) is 0 Å². The number of amides is 1. The number of benzene rings is 3. The molecule has 0 bridgehead atoms. The lowest BCUT2D eigenvalue weighted by molar-refractivity contribution is -0.384. The smallest absolute Gasteiger partial charge is 0.270 e. The second-order valence-electron chi connectivity index (χ2n) is 5.44. The number of anilines is 3. The molecule has 3 aromatic rings. The number of para-hydroxylation sites is 1. The zero-order chi connectivity index (χ0) is 18.5. The Kier molecular flexibility index (Phi) is 5.15. The minimum atomic E-state index is -0.563. The number of halogens is 1. The van der Waals surface area contributed by atoms with Gasteiger partial charge in [-0.3, -0.25) is 14.9 Å². The molecule has 0 fully saturated rings. The Labute approximate surface area is 154 Å². The fourth-order valence-electron chi connectivity index (χ4n) is 2.33. The van der Waals surface area contributed by atoms with Crippen molar-refractivity contribution in [3.05, 3.63) is 93.5 Å². The van der Waals surface area contributed by atoms with E-state index in [1.807, 2.05) is 42.5 Å². The zero-order valence-electron chi connectivity index (χ0n) is 13.5. The number of nitrogens with zero attached hydrogens (tertiary/aromatic N) is 1. The molecule has 0 aliphatic rings. The van der Waals surface area contributed by atoms with Gasteiger partial charge in [0.05, 0.1) is 15.5 Å². The average Bonchev–Trinajstić information content (AvgIpc) is 2.64. The van der Waals surface area contributed by atoms with Gasteiger partial charge in [-0.25, -0.2) is 0 Å². The summed E-state index contributed by atoms with van der Waals surface area (Å²) < 4.78 is 0. The molecule has 0 aliphatic carbocycles. The van der Waals surface area contributed by atoms with Gasteiger partial charge in [-0.15, -0.1) is 0 Å². The summed E-state index contributed by atoms with van der Waals surface area (Å²) in [6.45, 7) is 0. The number of carbonyl (C=O) groups is 1. The monoisotopic (exact) mass is 367 g/mol. The molecule has 0 atom stereocenters. The van der Waals surface area contributed by atoms with Crippen LogP contribution in [0.5, 0.6) is 0 Å². The van der Waals surface area contributed by atoms with Crippen LogP contribution in [0.4, 0.5) is 22.7 Å². The van der Waals surface area contributed by atoms with E-state index in [0.717, 1.165) is 17.4 Å². The first kappa shape index (κ1) is 17.4. The normalized spacial score (nSPS) is 10.2. The molecule has 3 rings (SSSR count). The van der Waals surface area contributed by atoms with Crippen LogP contribution >= 0.6 is 11.6 Å². The highest BCUT2D eigenvalue weighted by molar-refractivity contribution is 6.34. The van der Waals surface area contributed by atoms with Crippen LogP contribution in [0.15, 0.2) is 72.8 Å². The molecule has 0 saturated carbocycles. The number of nitro benzene ring substituents is 1. The number of hydrogen-bond donors (Lipinski definition) is 2. The number of non-ortho nitro benzene ring substituents is 1. The second kappa shape index (κ2) is 7.67. The van der Waals surface area contributed by atoms with Gasteiger partial charge in [0.15, 0.2) is 0 Å². The molecule has 0 aliphatic heterocycles. The van der Waals surface area contributed by atoms with Gasteiger partial charge in [-0.05, 0) is 42.5 Å². The zero-order valence-corrected chi connectivity index (χ0v) is 14.2. The van der Waals surface area contributed by atoms with Crippen LogP contribution in [0.1, 0.15) is 10.4 Å². The first-order valence-corrected chi connectivity index (χ1v) is 8.08. The van der Waals surface area contributed by atoms with E-state index < -0.39 is 10.8 Å². The van der Waals surface area contributed by atoms with Crippen molar-refractivity contribution in [1.29, 1.82) is 0 Å². The van der Waals surface area contributed by atoms with Gasteiger partial charge in [0.2, 0.25) is 0 Å². The molecule has 2 N–H and O–H groups in total. The minimum Gasteiger partial charge on any atom is -0.356 e. The highest BCUT2D eigenvalue weighted by Crippen LogP contribution is 2.24. The van der Waals surface area contributed by atoms with E-state index in [9.17, 15) is 14.9 Å². The van der Waals surface area contributed by atoms with Crippen molar-refractivity contribution in [2.45, 2.75) is 0 Å². The first-order chi connectivity index (χ1) is 12.5. The lowest BCUT2D eigenvalue weighted by atomic mass is 10.2. The third kappa shape index (κ3) is 4.17. The minimum absolute atomic E-state index is 0.0269. The molecule has 0 saturated heterocycles. The second-order valence-corrected chi connectivity index (χ2v) is 5.85. The van der Waals surface area contributed by atoms with Gasteiger partial charge in [-0.1, -0.05) is 29.8 Å². The summed E-state index contributed by atoms with van der Waals surface area (Å²) in [5.41, 5.74) is 2.43. The van der Waals surface area contributed by atoms with Gasteiger partial charge in [0, 0.05) is 29.2 Å². The molecule has 1 amide bonds. The Balaban J connectivity index is 1.69. The number of nitro groups is 1. The van der Waals surface area contributed by atoms with E-state index in [0.29, 0.717) is 5.69 Å². The molecule has 130 valence electrons. The van der Waals surface area contributed by atoms with Crippen molar-refractivity contribution < 1.29 is 9.72 Å². The molecule has 0 spiro atoms. The van der Waals surface area contributed by atoms with Crippen LogP contribution in [0.25, 0.3) is 0 Å². The molecule has 3 aromatic carbocycles. The van der Waals surface area contributed by atoms with Crippen molar-refractivity contribution >= 4 is 40.3 Å². The molecule has 0 radical (unpaired) electrons. The molecule has 0 aromatic heterocycles. The summed E-state index contributed by atoms with van der Waals surface area (Å²) in [6.07, 6.45) is 0. The number of rotatable bonds is 5. The third-order valence-electron chi connectivity index (χ3n) is 3.61. The van der Waals surface area contributed by atoms with Crippen LogP contribution in [-0.2, 0) is 0 Å². The Hall–Kier alpha value is -3.38. The maximum Gasteiger partial charge on any atom is 0.270 e. The van der Waals surface area contributed by atoms with E-state index in [1.165, 1.54) is 12.1 Å². The predicted molar refractivity (Wildman–Crippen MR) is 102 cm³/mol. The van der Waals surface area contributed by atoms with Crippen molar-refractivity contribution in [3.63, 3.8) is 0 Å². The largest absolute Gasteiger partial charge is 0.356 e. The van der Waals surface area contributed by atoms with E-state index in [1.54, 1.807) is 12.1 Å². The van der Waals surface area contributed by atoms with Crippen molar-refractivity contribution in [2.24, 2.45) is 0 Å². The van der Waals surface area contributed by atoms with Crippen molar-refractivity contribution in [2.75, 3.05) is 10.6 Å². The predicted octanol–water partition coefficient (Wildman–Crippen LogP) is 5.24. The molecular weight excluding hydrogens is 354 g/mol. The van der Waals surface area contributed by atoms with Crippen LogP contribution in [0, 0.1) is 10.1 Å². The Bertz CT molecular complexity index is 944. The maximum absolute atomic E-state index is 12.3. The molecule has 6 nitrogen and oxygen atoms in total. The van der Waals surface area contributed by atoms with E-state index in [4.69, 9.17) is 11.6 Å². The first-order valence-electron chi connectivity index (χ1n) is 7.70. The average molecular weight is 368 g/mol. The summed E-state index contributed by atoms with van der Waals surface area (Å²) >= 11 is 5.97. The summed E-state index contributed by atoms with van der Waals surface area (Å²) in [5.74, 6) is -0.436. The summed E-state index contributed by atoms with van der Waals surface area (Å²) in [6, 6.07) is 20.6. The van der Waals surface area contributed by atoms with Gasteiger partial charge >= 0.3 is 0 Å². The van der Waals surface area contributed by atoms with Crippen LogP contribution in [0.2, 0.25) is 5.02 Å². The standard InChI is InChI=1S/C19H14ClN3O3/c20-18-12-16(23(25)26)10-11-17(18)19(24)22-15-8-6-14(7-9-15)21-13-4-2-1-3-5-13/h1-12,21H,(H,22,24). The number of hydrogen-bond acceptors (Lipinski definition) is 4. The highest BCUT2D eigenvalue weighted by atomic mass is 35.5. The van der Waals surface area contributed by atoms with Crippen LogP contribution in [-0.4, -0.2) is 10.8 Å². The van der Waals surface area contributed by atoms with Gasteiger partial charge in [0.25, 0.3) is 11.6 Å². The van der Waals surface area contributed by atoms with Gasteiger partial charge in [-0.2, -0.15) is 0 Å². The lowest BCUT2D eigenvalue weighted by Crippen LogP contribution is -2.12. The Morgan fingerprint density at radius 1 is 0.885 bits per heavy atom. The van der Waals surface area contributed by atoms with Gasteiger partial charge < -0.3 is 10.6 Å².